The van der Waals surface area contributed by atoms with Crippen LogP contribution in [0.2, 0.25) is 5.02 Å². The van der Waals surface area contributed by atoms with Crippen LogP contribution in [0.1, 0.15) is 29.2 Å². The summed E-state index contributed by atoms with van der Waals surface area (Å²) < 4.78 is 5.95. The quantitative estimate of drug-likeness (QED) is 0.588. The molecule has 2 aromatic carbocycles. The molecule has 0 bridgehead atoms. The highest BCUT2D eigenvalue weighted by atomic mass is 35.5. The maximum absolute atomic E-state index is 13.4. The third-order valence-electron chi connectivity index (χ3n) is 5.19. The Morgan fingerprint density at radius 3 is 2.59 bits per heavy atom. The van der Waals surface area contributed by atoms with E-state index in [2.05, 4.69) is 36.2 Å². The van der Waals surface area contributed by atoms with Crippen molar-refractivity contribution in [1.82, 2.24) is 9.88 Å². The number of carbonyl (C=O) groups is 1. The molecule has 5 heteroatoms. The largest absolute Gasteiger partial charge is 0.480 e. The molecule has 148 valence electrons. The van der Waals surface area contributed by atoms with E-state index >= 15 is 0 Å². The van der Waals surface area contributed by atoms with Crippen molar-refractivity contribution >= 4 is 17.5 Å². The van der Waals surface area contributed by atoms with Crippen LogP contribution < -0.4 is 4.74 Å². The maximum atomic E-state index is 13.4. The Balaban J connectivity index is 1.54. The molecule has 0 radical (unpaired) electrons. The van der Waals surface area contributed by atoms with Crippen molar-refractivity contribution in [3.8, 4) is 5.75 Å². The van der Waals surface area contributed by atoms with Crippen LogP contribution in [0.15, 0.2) is 67.0 Å². The summed E-state index contributed by atoms with van der Waals surface area (Å²) in [6.45, 7) is 3.14. The summed E-state index contributed by atoms with van der Waals surface area (Å²) in [5.74, 6) is 0.710. The zero-order valence-corrected chi connectivity index (χ0v) is 17.1. The molecule has 0 N–H and O–H groups in total. The van der Waals surface area contributed by atoms with Gasteiger partial charge >= 0.3 is 0 Å². The van der Waals surface area contributed by atoms with Gasteiger partial charge in [0.2, 0.25) is 0 Å². The van der Waals surface area contributed by atoms with Gasteiger partial charge in [-0.1, -0.05) is 48.9 Å². The van der Waals surface area contributed by atoms with Gasteiger partial charge in [0.1, 0.15) is 5.75 Å². The van der Waals surface area contributed by atoms with Crippen LogP contribution in [-0.2, 0) is 30.7 Å². The monoisotopic (exact) mass is 406 g/mol. The first-order valence-corrected chi connectivity index (χ1v) is 10.2. The first-order chi connectivity index (χ1) is 14.1. The minimum Gasteiger partial charge on any atom is -0.480 e. The van der Waals surface area contributed by atoms with E-state index < -0.39 is 6.10 Å². The third-order valence-corrected chi connectivity index (χ3v) is 5.42. The number of benzene rings is 2. The van der Waals surface area contributed by atoms with E-state index in [0.717, 1.165) is 28.9 Å². The second kappa shape index (κ2) is 8.66. The van der Waals surface area contributed by atoms with Crippen LogP contribution in [0.25, 0.3) is 0 Å². The molecule has 1 atom stereocenters. The lowest BCUT2D eigenvalue weighted by Gasteiger charge is -2.25. The van der Waals surface area contributed by atoms with Crippen LogP contribution in [0.5, 0.6) is 5.75 Å². The van der Waals surface area contributed by atoms with Crippen molar-refractivity contribution in [3.63, 3.8) is 0 Å². The molecule has 0 aliphatic carbocycles. The highest BCUT2D eigenvalue weighted by molar-refractivity contribution is 6.30. The van der Waals surface area contributed by atoms with Gasteiger partial charge < -0.3 is 9.64 Å². The van der Waals surface area contributed by atoms with Gasteiger partial charge in [-0.25, -0.2) is 0 Å². The molecular formula is C24H23ClN2O2. The highest BCUT2D eigenvalue weighted by Crippen LogP contribution is 2.32. The van der Waals surface area contributed by atoms with Crippen molar-refractivity contribution in [3.05, 3.63) is 94.3 Å². The van der Waals surface area contributed by atoms with Crippen LogP contribution in [0.3, 0.4) is 0 Å². The van der Waals surface area contributed by atoms with Gasteiger partial charge in [0.05, 0.1) is 0 Å². The van der Waals surface area contributed by atoms with Gasteiger partial charge in [0.15, 0.2) is 6.10 Å². The van der Waals surface area contributed by atoms with E-state index in [9.17, 15) is 4.79 Å². The van der Waals surface area contributed by atoms with Crippen molar-refractivity contribution in [2.45, 2.75) is 39.0 Å². The molecule has 1 amide bonds. The summed E-state index contributed by atoms with van der Waals surface area (Å²) in [6, 6.07) is 17.8. The summed E-state index contributed by atoms with van der Waals surface area (Å²) in [5.41, 5.74) is 4.34. The Bertz CT molecular complexity index is 990. The molecule has 1 unspecified atom stereocenters. The normalized spacial score (nSPS) is 14.9. The Labute approximate surface area is 176 Å². The summed E-state index contributed by atoms with van der Waals surface area (Å²) in [7, 11) is 0. The van der Waals surface area contributed by atoms with Crippen molar-refractivity contribution in [1.29, 1.82) is 0 Å². The number of aromatic nitrogens is 1. The minimum absolute atomic E-state index is 0.0271. The predicted octanol–water partition coefficient (Wildman–Crippen LogP) is 4.83. The van der Waals surface area contributed by atoms with Gasteiger partial charge in [0, 0.05) is 36.9 Å². The number of rotatable bonds is 6. The van der Waals surface area contributed by atoms with Crippen molar-refractivity contribution in [2.75, 3.05) is 0 Å². The van der Waals surface area contributed by atoms with Crippen LogP contribution in [0, 0.1) is 0 Å². The average Bonchev–Trinajstić information content (AvgIpc) is 3.17. The molecule has 1 aliphatic heterocycles. The van der Waals surface area contributed by atoms with E-state index in [0.29, 0.717) is 24.5 Å². The highest BCUT2D eigenvalue weighted by Gasteiger charge is 2.32. The lowest BCUT2D eigenvalue weighted by Crippen LogP contribution is -2.40. The zero-order valence-electron chi connectivity index (χ0n) is 16.3. The van der Waals surface area contributed by atoms with Gasteiger partial charge in [0.25, 0.3) is 5.91 Å². The summed E-state index contributed by atoms with van der Waals surface area (Å²) in [6.07, 6.45) is 4.53. The molecule has 0 saturated heterocycles. The SMILES string of the molecule is CCc1ccc(CN(Cc2cccnc2)C(=O)C2Cc3cc(Cl)ccc3O2)cc1. The van der Waals surface area contributed by atoms with E-state index in [1.54, 1.807) is 18.5 Å². The van der Waals surface area contributed by atoms with Crippen LogP contribution in [-0.4, -0.2) is 21.9 Å². The third kappa shape index (κ3) is 4.60. The molecule has 0 fully saturated rings. The number of ether oxygens (including phenoxy) is 1. The van der Waals surface area contributed by atoms with Gasteiger partial charge in [-0.15, -0.1) is 0 Å². The Morgan fingerprint density at radius 2 is 1.86 bits per heavy atom. The van der Waals surface area contributed by atoms with Gasteiger partial charge in [-0.05, 0) is 52.9 Å². The number of amides is 1. The lowest BCUT2D eigenvalue weighted by atomic mass is 10.1. The maximum Gasteiger partial charge on any atom is 0.264 e. The molecule has 29 heavy (non-hydrogen) atoms. The number of carbonyl (C=O) groups excluding carboxylic acids is 1. The Morgan fingerprint density at radius 1 is 1.10 bits per heavy atom. The van der Waals surface area contributed by atoms with E-state index in [4.69, 9.17) is 16.3 Å². The molecular weight excluding hydrogens is 384 g/mol. The number of pyridine rings is 1. The number of hydrogen-bond donors (Lipinski definition) is 0. The number of fused-ring (bicyclic) bond motifs is 1. The van der Waals surface area contributed by atoms with E-state index in [1.165, 1.54) is 5.56 Å². The Hall–Kier alpha value is -2.85. The number of halogens is 1. The molecule has 4 rings (SSSR count). The fourth-order valence-corrected chi connectivity index (χ4v) is 3.78. The number of nitrogens with zero attached hydrogens (tertiary/aromatic N) is 2. The second-order valence-electron chi connectivity index (χ2n) is 7.29. The minimum atomic E-state index is -0.532. The number of aryl methyl sites for hydroxylation is 1. The standard InChI is InChI=1S/C24H23ClN2O2/c1-2-17-5-7-18(8-6-17)15-27(16-19-4-3-11-26-14-19)24(28)23-13-20-12-21(25)9-10-22(20)29-23/h3-12,14,23H,2,13,15-16H2,1H3. The first kappa shape index (κ1) is 19.5. The average molecular weight is 407 g/mol. The molecule has 1 aliphatic rings. The predicted molar refractivity (Wildman–Crippen MR) is 114 cm³/mol. The van der Waals surface area contributed by atoms with Crippen LogP contribution in [0.4, 0.5) is 0 Å². The topological polar surface area (TPSA) is 42.4 Å². The smallest absolute Gasteiger partial charge is 0.264 e. The molecule has 1 aromatic heterocycles. The molecule has 3 aromatic rings. The molecule has 4 nitrogen and oxygen atoms in total. The summed E-state index contributed by atoms with van der Waals surface area (Å²) >= 11 is 6.09. The zero-order chi connectivity index (χ0) is 20.2. The Kier molecular flexibility index (Phi) is 5.81. The number of hydrogen-bond acceptors (Lipinski definition) is 3. The van der Waals surface area contributed by atoms with E-state index in [1.807, 2.05) is 29.2 Å². The molecule has 0 spiro atoms. The van der Waals surface area contributed by atoms with Gasteiger partial charge in [-0.3, -0.25) is 9.78 Å². The molecule has 2 heterocycles. The summed E-state index contributed by atoms with van der Waals surface area (Å²) in [4.78, 5) is 19.4. The van der Waals surface area contributed by atoms with Crippen LogP contribution >= 0.6 is 11.6 Å². The van der Waals surface area contributed by atoms with Crippen molar-refractivity contribution in [2.24, 2.45) is 0 Å². The van der Waals surface area contributed by atoms with E-state index in [-0.39, 0.29) is 5.91 Å². The van der Waals surface area contributed by atoms with Crippen molar-refractivity contribution < 1.29 is 9.53 Å². The lowest BCUT2D eigenvalue weighted by molar-refractivity contribution is -0.139. The fourth-order valence-electron chi connectivity index (χ4n) is 3.58. The first-order valence-electron chi connectivity index (χ1n) is 9.83. The molecule has 0 saturated carbocycles. The second-order valence-corrected chi connectivity index (χ2v) is 7.72. The van der Waals surface area contributed by atoms with Gasteiger partial charge in [-0.2, -0.15) is 0 Å². The summed E-state index contributed by atoms with van der Waals surface area (Å²) in [5, 5.41) is 0.656. The fraction of sp³-hybridized carbons (Fsp3) is 0.250.